The van der Waals surface area contributed by atoms with Crippen LogP contribution in [0.4, 0.5) is 0 Å². The minimum absolute atomic E-state index is 0.220. The standard InChI is InChI=1S/C15H15N3O/c1-2-12-5-7-14(8-6-12)15(19)18-17-11-13-4-3-9-16-10-13/h3-11H,2H2,1H3,(H,18,19)/b17-11-. The number of nitrogens with one attached hydrogen (secondary N) is 1. The Morgan fingerprint density at radius 2 is 2.11 bits per heavy atom. The Morgan fingerprint density at radius 1 is 1.32 bits per heavy atom. The van der Waals surface area contributed by atoms with Crippen molar-refractivity contribution in [3.8, 4) is 0 Å². The third kappa shape index (κ3) is 3.74. The Morgan fingerprint density at radius 3 is 2.74 bits per heavy atom. The molecular weight excluding hydrogens is 238 g/mol. The van der Waals surface area contributed by atoms with Gasteiger partial charge in [-0.2, -0.15) is 5.10 Å². The van der Waals surface area contributed by atoms with Gasteiger partial charge in [-0.3, -0.25) is 9.78 Å². The van der Waals surface area contributed by atoms with Gasteiger partial charge in [0.2, 0.25) is 0 Å². The summed E-state index contributed by atoms with van der Waals surface area (Å²) in [7, 11) is 0. The second-order valence-corrected chi connectivity index (χ2v) is 4.04. The first-order chi connectivity index (χ1) is 9.29. The van der Waals surface area contributed by atoms with Gasteiger partial charge in [0.05, 0.1) is 6.21 Å². The molecule has 0 spiro atoms. The highest BCUT2D eigenvalue weighted by Crippen LogP contribution is 2.04. The van der Waals surface area contributed by atoms with E-state index in [1.165, 1.54) is 5.56 Å². The van der Waals surface area contributed by atoms with Crippen molar-refractivity contribution >= 4 is 12.1 Å². The minimum Gasteiger partial charge on any atom is -0.267 e. The van der Waals surface area contributed by atoms with Crippen LogP contribution in [0.15, 0.2) is 53.9 Å². The van der Waals surface area contributed by atoms with E-state index in [1.54, 1.807) is 30.7 Å². The molecule has 1 heterocycles. The van der Waals surface area contributed by atoms with Crippen molar-refractivity contribution in [1.29, 1.82) is 0 Å². The lowest BCUT2D eigenvalue weighted by molar-refractivity contribution is 0.0955. The predicted molar refractivity (Wildman–Crippen MR) is 75.1 cm³/mol. The molecule has 0 saturated carbocycles. The number of carbonyl (C=O) groups is 1. The highest BCUT2D eigenvalue weighted by molar-refractivity contribution is 5.94. The molecule has 1 aromatic heterocycles. The number of carbonyl (C=O) groups excluding carboxylic acids is 1. The van der Waals surface area contributed by atoms with E-state index in [0.717, 1.165) is 12.0 Å². The fraction of sp³-hybridized carbons (Fsp3) is 0.133. The van der Waals surface area contributed by atoms with Gasteiger partial charge in [-0.1, -0.05) is 25.1 Å². The van der Waals surface area contributed by atoms with Crippen molar-refractivity contribution in [3.05, 3.63) is 65.5 Å². The highest BCUT2D eigenvalue weighted by atomic mass is 16.2. The van der Waals surface area contributed by atoms with E-state index in [-0.39, 0.29) is 5.91 Å². The van der Waals surface area contributed by atoms with Gasteiger partial charge in [-0.05, 0) is 30.2 Å². The van der Waals surface area contributed by atoms with Crippen molar-refractivity contribution in [2.75, 3.05) is 0 Å². The molecule has 1 N–H and O–H groups in total. The fourth-order valence-corrected chi connectivity index (χ4v) is 1.57. The topological polar surface area (TPSA) is 54.4 Å². The van der Waals surface area contributed by atoms with Crippen LogP contribution in [0, 0.1) is 0 Å². The van der Waals surface area contributed by atoms with Gasteiger partial charge in [0.25, 0.3) is 5.91 Å². The molecule has 0 atom stereocenters. The summed E-state index contributed by atoms with van der Waals surface area (Å²) in [6.45, 7) is 2.08. The largest absolute Gasteiger partial charge is 0.271 e. The lowest BCUT2D eigenvalue weighted by Crippen LogP contribution is -2.17. The molecule has 0 radical (unpaired) electrons. The van der Waals surface area contributed by atoms with Gasteiger partial charge in [0.15, 0.2) is 0 Å². The molecule has 2 aromatic rings. The smallest absolute Gasteiger partial charge is 0.267 e. The third-order valence-corrected chi connectivity index (χ3v) is 2.69. The first-order valence-corrected chi connectivity index (χ1v) is 6.12. The van der Waals surface area contributed by atoms with Gasteiger partial charge < -0.3 is 0 Å². The number of hydrazone groups is 1. The summed E-state index contributed by atoms with van der Waals surface area (Å²) in [4.78, 5) is 15.7. The molecule has 4 heteroatoms. The van der Waals surface area contributed by atoms with Crippen LogP contribution in [0.5, 0.6) is 0 Å². The first kappa shape index (κ1) is 13.0. The summed E-state index contributed by atoms with van der Waals surface area (Å²) in [6, 6.07) is 11.2. The molecule has 0 aliphatic heterocycles. The molecule has 0 saturated heterocycles. The van der Waals surface area contributed by atoms with E-state index in [4.69, 9.17) is 0 Å². The molecule has 1 amide bonds. The maximum absolute atomic E-state index is 11.8. The molecule has 96 valence electrons. The number of rotatable bonds is 4. The van der Waals surface area contributed by atoms with Crippen molar-refractivity contribution in [2.24, 2.45) is 5.10 Å². The average Bonchev–Trinajstić information content (AvgIpc) is 2.48. The second-order valence-electron chi connectivity index (χ2n) is 4.04. The van der Waals surface area contributed by atoms with Gasteiger partial charge in [-0.15, -0.1) is 0 Å². The van der Waals surface area contributed by atoms with Gasteiger partial charge in [-0.25, -0.2) is 5.43 Å². The predicted octanol–water partition coefficient (Wildman–Crippen LogP) is 2.41. The van der Waals surface area contributed by atoms with E-state index in [9.17, 15) is 4.79 Å². The van der Waals surface area contributed by atoms with Gasteiger partial charge in [0.1, 0.15) is 0 Å². The Hall–Kier alpha value is -2.49. The number of nitrogens with zero attached hydrogens (tertiary/aromatic N) is 2. The zero-order chi connectivity index (χ0) is 13.5. The van der Waals surface area contributed by atoms with Crippen molar-refractivity contribution in [3.63, 3.8) is 0 Å². The molecule has 0 aliphatic carbocycles. The quantitative estimate of drug-likeness (QED) is 0.672. The molecular formula is C15H15N3O. The van der Waals surface area contributed by atoms with Crippen LogP contribution >= 0.6 is 0 Å². The Labute approximate surface area is 112 Å². The van der Waals surface area contributed by atoms with Crippen LogP contribution in [-0.2, 0) is 6.42 Å². The van der Waals surface area contributed by atoms with E-state index in [2.05, 4.69) is 22.4 Å². The van der Waals surface area contributed by atoms with Gasteiger partial charge >= 0.3 is 0 Å². The molecule has 0 fully saturated rings. The molecule has 0 aliphatic rings. The number of hydrogen-bond donors (Lipinski definition) is 1. The number of benzene rings is 1. The van der Waals surface area contributed by atoms with Crippen LogP contribution in [0.1, 0.15) is 28.4 Å². The molecule has 19 heavy (non-hydrogen) atoms. The zero-order valence-electron chi connectivity index (χ0n) is 10.7. The van der Waals surface area contributed by atoms with Crippen LogP contribution < -0.4 is 5.43 Å². The summed E-state index contributed by atoms with van der Waals surface area (Å²) in [6.07, 6.45) is 5.88. The molecule has 2 rings (SSSR count). The zero-order valence-corrected chi connectivity index (χ0v) is 10.7. The Balaban J connectivity index is 1.95. The number of aryl methyl sites for hydroxylation is 1. The average molecular weight is 253 g/mol. The monoisotopic (exact) mass is 253 g/mol. The second kappa shape index (κ2) is 6.44. The van der Waals surface area contributed by atoms with E-state index >= 15 is 0 Å². The molecule has 4 nitrogen and oxygen atoms in total. The van der Waals surface area contributed by atoms with Crippen LogP contribution in [-0.4, -0.2) is 17.1 Å². The number of amides is 1. The van der Waals surface area contributed by atoms with Crippen LogP contribution in [0.2, 0.25) is 0 Å². The van der Waals surface area contributed by atoms with Gasteiger partial charge in [0, 0.05) is 23.5 Å². The summed E-state index contributed by atoms with van der Waals surface area (Å²) < 4.78 is 0. The lowest BCUT2D eigenvalue weighted by Gasteiger charge is -2.01. The maximum Gasteiger partial charge on any atom is 0.271 e. The normalized spacial score (nSPS) is 10.6. The Bertz CT molecular complexity index is 562. The Kier molecular flexibility index (Phi) is 4.39. The van der Waals surface area contributed by atoms with Crippen molar-refractivity contribution < 1.29 is 4.79 Å². The third-order valence-electron chi connectivity index (χ3n) is 2.69. The molecule has 0 bridgehead atoms. The number of pyridine rings is 1. The van der Waals surface area contributed by atoms with Crippen molar-refractivity contribution in [1.82, 2.24) is 10.4 Å². The van der Waals surface area contributed by atoms with Crippen molar-refractivity contribution in [2.45, 2.75) is 13.3 Å². The van der Waals surface area contributed by atoms with Crippen LogP contribution in [0.25, 0.3) is 0 Å². The summed E-state index contributed by atoms with van der Waals surface area (Å²) in [5.74, 6) is -0.220. The SMILES string of the molecule is CCc1ccc(C(=O)N/N=C\c2cccnc2)cc1. The summed E-state index contributed by atoms with van der Waals surface area (Å²) in [5, 5.41) is 3.90. The number of hydrogen-bond acceptors (Lipinski definition) is 3. The highest BCUT2D eigenvalue weighted by Gasteiger charge is 2.02. The summed E-state index contributed by atoms with van der Waals surface area (Å²) in [5.41, 5.74) is 5.13. The van der Waals surface area contributed by atoms with E-state index < -0.39 is 0 Å². The molecule has 1 aromatic carbocycles. The van der Waals surface area contributed by atoms with E-state index in [1.807, 2.05) is 24.3 Å². The minimum atomic E-state index is -0.220. The lowest BCUT2D eigenvalue weighted by atomic mass is 10.1. The van der Waals surface area contributed by atoms with Crippen LogP contribution in [0.3, 0.4) is 0 Å². The van der Waals surface area contributed by atoms with E-state index in [0.29, 0.717) is 5.56 Å². The summed E-state index contributed by atoms with van der Waals surface area (Å²) >= 11 is 0. The maximum atomic E-state index is 11.8. The molecule has 0 unspecified atom stereocenters. The fourth-order valence-electron chi connectivity index (χ4n) is 1.57. The number of aromatic nitrogens is 1. The first-order valence-electron chi connectivity index (χ1n) is 6.12.